The van der Waals surface area contributed by atoms with Gasteiger partial charge in [0, 0.05) is 30.9 Å². The van der Waals surface area contributed by atoms with Crippen LogP contribution in [0.25, 0.3) is 0 Å². The minimum Gasteiger partial charge on any atom is -0.326 e. The lowest BCUT2D eigenvalue weighted by Crippen LogP contribution is -2.49. The Labute approximate surface area is 167 Å². The Morgan fingerprint density at radius 2 is 2.22 bits per heavy atom. The zero-order chi connectivity index (χ0) is 18.8. The van der Waals surface area contributed by atoms with Gasteiger partial charge in [-0.15, -0.1) is 22.7 Å². The van der Waals surface area contributed by atoms with Gasteiger partial charge < -0.3 is 10.2 Å². The van der Waals surface area contributed by atoms with Gasteiger partial charge in [0.05, 0.1) is 10.6 Å². The molecule has 2 aliphatic heterocycles. The third kappa shape index (κ3) is 3.93. The van der Waals surface area contributed by atoms with Crippen molar-refractivity contribution in [3.63, 3.8) is 0 Å². The van der Waals surface area contributed by atoms with Crippen molar-refractivity contribution in [2.24, 2.45) is 0 Å². The predicted octanol–water partition coefficient (Wildman–Crippen LogP) is 3.22. The van der Waals surface area contributed by atoms with Crippen LogP contribution in [0.2, 0.25) is 0 Å². The number of likely N-dealkylation sites (N-methyl/N-ethyl adjacent to an activating group) is 1. The fraction of sp³-hybridized carbons (Fsp3) is 0.526. The largest absolute Gasteiger partial charge is 0.326 e. The SMILES string of the molecule is CCN1CCc2nc(NC(=O)C3CCCCN3C(=O)c3cccs3)sc2C1. The number of aromatic nitrogens is 1. The highest BCUT2D eigenvalue weighted by atomic mass is 32.1. The molecular weight excluding hydrogens is 380 g/mol. The van der Waals surface area contributed by atoms with Gasteiger partial charge in [0.25, 0.3) is 5.91 Å². The first-order valence-corrected chi connectivity index (χ1v) is 11.2. The van der Waals surface area contributed by atoms with E-state index in [0.717, 1.165) is 44.6 Å². The fourth-order valence-electron chi connectivity index (χ4n) is 3.75. The molecule has 1 unspecified atom stereocenters. The van der Waals surface area contributed by atoms with Gasteiger partial charge in [-0.05, 0) is 37.3 Å². The molecule has 4 heterocycles. The second-order valence-electron chi connectivity index (χ2n) is 6.98. The molecule has 0 spiro atoms. The Morgan fingerprint density at radius 3 is 3.00 bits per heavy atom. The summed E-state index contributed by atoms with van der Waals surface area (Å²) in [6.07, 6.45) is 3.55. The summed E-state index contributed by atoms with van der Waals surface area (Å²) in [5.74, 6) is -0.153. The molecule has 2 aromatic heterocycles. The van der Waals surface area contributed by atoms with E-state index in [1.807, 2.05) is 17.5 Å². The molecule has 2 amide bonds. The second-order valence-corrected chi connectivity index (χ2v) is 9.02. The minimum absolute atomic E-state index is 0.0399. The third-order valence-corrected chi connectivity index (χ3v) is 7.14. The Bertz CT molecular complexity index is 818. The van der Waals surface area contributed by atoms with Gasteiger partial charge in [-0.2, -0.15) is 0 Å². The minimum atomic E-state index is -0.415. The Balaban J connectivity index is 1.47. The number of hydrogen-bond acceptors (Lipinski definition) is 6. The van der Waals surface area contributed by atoms with Crippen LogP contribution in [0, 0.1) is 0 Å². The molecule has 2 aliphatic rings. The molecule has 144 valence electrons. The van der Waals surface area contributed by atoms with Crippen LogP contribution in [-0.4, -0.2) is 52.3 Å². The van der Waals surface area contributed by atoms with Gasteiger partial charge in [0.15, 0.2) is 5.13 Å². The molecule has 0 saturated carbocycles. The summed E-state index contributed by atoms with van der Waals surface area (Å²) in [7, 11) is 0. The van der Waals surface area contributed by atoms with E-state index in [1.54, 1.807) is 16.2 Å². The van der Waals surface area contributed by atoms with Crippen LogP contribution in [0.1, 0.15) is 46.4 Å². The Hall–Kier alpha value is -1.77. The van der Waals surface area contributed by atoms with Crippen molar-refractivity contribution in [2.75, 3.05) is 25.0 Å². The maximum Gasteiger partial charge on any atom is 0.264 e. The molecule has 1 saturated heterocycles. The van der Waals surface area contributed by atoms with Crippen LogP contribution in [-0.2, 0) is 17.8 Å². The summed E-state index contributed by atoms with van der Waals surface area (Å²) < 4.78 is 0. The van der Waals surface area contributed by atoms with Gasteiger partial charge in [-0.25, -0.2) is 4.98 Å². The molecule has 1 fully saturated rings. The van der Waals surface area contributed by atoms with Crippen molar-refractivity contribution in [3.05, 3.63) is 33.0 Å². The molecule has 0 bridgehead atoms. The quantitative estimate of drug-likeness (QED) is 0.850. The van der Waals surface area contributed by atoms with Crippen molar-refractivity contribution < 1.29 is 9.59 Å². The molecule has 2 aromatic rings. The highest BCUT2D eigenvalue weighted by Crippen LogP contribution is 2.29. The number of nitrogens with zero attached hydrogens (tertiary/aromatic N) is 3. The average Bonchev–Trinajstić information content (AvgIpc) is 3.36. The van der Waals surface area contributed by atoms with E-state index < -0.39 is 6.04 Å². The third-order valence-electron chi connectivity index (χ3n) is 5.29. The molecule has 27 heavy (non-hydrogen) atoms. The van der Waals surface area contributed by atoms with E-state index >= 15 is 0 Å². The Kier molecular flexibility index (Phi) is 5.56. The van der Waals surface area contributed by atoms with Gasteiger partial charge in [0.1, 0.15) is 6.04 Å². The second kappa shape index (κ2) is 8.08. The van der Waals surface area contributed by atoms with Crippen LogP contribution in [0.4, 0.5) is 5.13 Å². The smallest absolute Gasteiger partial charge is 0.264 e. The summed E-state index contributed by atoms with van der Waals surface area (Å²) in [6.45, 7) is 5.75. The number of carbonyl (C=O) groups excluding carboxylic acids is 2. The number of carbonyl (C=O) groups is 2. The van der Waals surface area contributed by atoms with Gasteiger partial charge in [0.2, 0.25) is 5.91 Å². The number of fused-ring (bicyclic) bond motifs is 1. The summed E-state index contributed by atoms with van der Waals surface area (Å²) in [6, 6.07) is 3.28. The number of anilines is 1. The summed E-state index contributed by atoms with van der Waals surface area (Å²) in [5, 5.41) is 5.55. The molecular formula is C19H24N4O2S2. The number of thiazole rings is 1. The van der Waals surface area contributed by atoms with Crippen LogP contribution in [0.5, 0.6) is 0 Å². The summed E-state index contributed by atoms with van der Waals surface area (Å²) in [5.41, 5.74) is 1.11. The summed E-state index contributed by atoms with van der Waals surface area (Å²) >= 11 is 2.99. The highest BCUT2D eigenvalue weighted by Gasteiger charge is 2.33. The fourth-order valence-corrected chi connectivity index (χ4v) is 5.48. The van der Waals surface area contributed by atoms with Crippen molar-refractivity contribution >= 4 is 39.6 Å². The summed E-state index contributed by atoms with van der Waals surface area (Å²) in [4.78, 5) is 36.4. The topological polar surface area (TPSA) is 65.5 Å². The number of thiophene rings is 1. The van der Waals surface area contributed by atoms with Gasteiger partial charge >= 0.3 is 0 Å². The van der Waals surface area contributed by atoms with E-state index in [1.165, 1.54) is 16.2 Å². The molecule has 1 N–H and O–H groups in total. The van der Waals surface area contributed by atoms with Crippen molar-refractivity contribution in [3.8, 4) is 0 Å². The van der Waals surface area contributed by atoms with Crippen LogP contribution in [0.3, 0.4) is 0 Å². The van der Waals surface area contributed by atoms with Crippen molar-refractivity contribution in [1.29, 1.82) is 0 Å². The number of rotatable bonds is 4. The molecule has 6 nitrogen and oxygen atoms in total. The van der Waals surface area contributed by atoms with Crippen LogP contribution < -0.4 is 5.32 Å². The number of likely N-dealkylation sites (tertiary alicyclic amines) is 1. The highest BCUT2D eigenvalue weighted by molar-refractivity contribution is 7.15. The monoisotopic (exact) mass is 404 g/mol. The standard InChI is InChI=1S/C19H24N4O2S2/c1-2-22-10-8-13-16(12-22)27-19(20-13)21-17(24)14-6-3-4-9-23(14)18(25)15-7-5-11-26-15/h5,7,11,14H,2-4,6,8-10,12H2,1H3,(H,20,21,24). The first-order chi connectivity index (χ1) is 13.2. The first kappa shape index (κ1) is 18.6. The van der Waals surface area contributed by atoms with Crippen LogP contribution >= 0.6 is 22.7 Å². The Morgan fingerprint density at radius 1 is 1.33 bits per heavy atom. The average molecular weight is 405 g/mol. The maximum absolute atomic E-state index is 12.9. The van der Waals surface area contributed by atoms with Gasteiger partial charge in [-0.1, -0.05) is 13.0 Å². The lowest BCUT2D eigenvalue weighted by atomic mass is 10.0. The van der Waals surface area contributed by atoms with E-state index in [9.17, 15) is 9.59 Å². The van der Waals surface area contributed by atoms with Gasteiger partial charge in [-0.3, -0.25) is 14.5 Å². The van der Waals surface area contributed by atoms with E-state index in [0.29, 0.717) is 23.0 Å². The van der Waals surface area contributed by atoms with E-state index in [2.05, 4.69) is 22.1 Å². The lowest BCUT2D eigenvalue weighted by molar-refractivity contribution is -0.121. The van der Waals surface area contributed by atoms with Crippen molar-refractivity contribution in [1.82, 2.24) is 14.8 Å². The van der Waals surface area contributed by atoms with Crippen LogP contribution in [0.15, 0.2) is 17.5 Å². The lowest BCUT2D eigenvalue weighted by Gasteiger charge is -2.34. The molecule has 8 heteroatoms. The van der Waals surface area contributed by atoms with E-state index in [4.69, 9.17) is 0 Å². The molecule has 4 rings (SSSR count). The normalized spacial score (nSPS) is 20.3. The van der Waals surface area contributed by atoms with Crippen molar-refractivity contribution in [2.45, 2.75) is 45.2 Å². The zero-order valence-electron chi connectivity index (χ0n) is 15.4. The molecule has 1 atom stereocenters. The predicted molar refractivity (Wildman–Crippen MR) is 108 cm³/mol. The molecule has 0 radical (unpaired) electrons. The number of hydrogen-bond donors (Lipinski definition) is 1. The maximum atomic E-state index is 12.9. The number of nitrogens with one attached hydrogen (secondary N) is 1. The number of piperidine rings is 1. The zero-order valence-corrected chi connectivity index (χ0v) is 17.1. The molecule has 0 aromatic carbocycles. The number of amides is 2. The van der Waals surface area contributed by atoms with E-state index in [-0.39, 0.29) is 11.8 Å². The first-order valence-electron chi connectivity index (χ1n) is 9.52. The molecule has 0 aliphatic carbocycles.